The lowest BCUT2D eigenvalue weighted by atomic mass is 9.75. The van der Waals surface area contributed by atoms with E-state index in [1.165, 1.54) is 30.7 Å². The van der Waals surface area contributed by atoms with Crippen molar-refractivity contribution in [3.8, 4) is 0 Å². The second-order valence-corrected chi connectivity index (χ2v) is 6.57. The highest BCUT2D eigenvalue weighted by Gasteiger charge is 2.27. The summed E-state index contributed by atoms with van der Waals surface area (Å²) in [5, 5.41) is 6.99. The van der Waals surface area contributed by atoms with E-state index in [1.54, 1.807) is 11.3 Å². The zero-order chi connectivity index (χ0) is 11.4. The molecule has 1 fully saturated rings. The molecule has 0 bridgehead atoms. The summed E-state index contributed by atoms with van der Waals surface area (Å²) in [4.78, 5) is 4.31. The van der Waals surface area contributed by atoms with Gasteiger partial charge in [0.2, 0.25) is 0 Å². The van der Waals surface area contributed by atoms with Gasteiger partial charge < -0.3 is 5.32 Å². The van der Waals surface area contributed by atoms with Crippen molar-refractivity contribution in [2.75, 3.05) is 6.54 Å². The molecule has 0 aromatic carbocycles. The van der Waals surface area contributed by atoms with Crippen LogP contribution in [-0.4, -0.2) is 17.6 Å². The Kier molecular flexibility index (Phi) is 3.98. The molecule has 16 heavy (non-hydrogen) atoms. The van der Waals surface area contributed by atoms with Crippen LogP contribution in [0, 0.1) is 5.41 Å². The average Bonchev–Trinajstić information content (AvgIpc) is 2.69. The molecule has 0 radical (unpaired) electrons. The fourth-order valence-electron chi connectivity index (χ4n) is 2.63. The molecule has 0 aliphatic heterocycles. The first-order valence-electron chi connectivity index (χ1n) is 6.27. The van der Waals surface area contributed by atoms with E-state index in [4.69, 9.17) is 0 Å². The van der Waals surface area contributed by atoms with Crippen molar-refractivity contribution in [2.24, 2.45) is 5.41 Å². The third-order valence-electron chi connectivity index (χ3n) is 3.46. The van der Waals surface area contributed by atoms with Gasteiger partial charge in [0.05, 0.1) is 5.01 Å². The molecule has 1 aromatic heterocycles. The molecule has 0 spiro atoms. The van der Waals surface area contributed by atoms with Crippen LogP contribution in [0.3, 0.4) is 0 Å². The maximum absolute atomic E-state index is 4.31. The van der Waals surface area contributed by atoms with Gasteiger partial charge in [-0.1, -0.05) is 20.3 Å². The van der Waals surface area contributed by atoms with E-state index in [0.717, 1.165) is 19.0 Å². The molecular weight excluding hydrogens is 216 g/mol. The number of hydrogen-bond donors (Lipinski definition) is 1. The Hall–Kier alpha value is -0.410. The summed E-state index contributed by atoms with van der Waals surface area (Å²) in [5.74, 6) is 0. The topological polar surface area (TPSA) is 24.9 Å². The van der Waals surface area contributed by atoms with Gasteiger partial charge in [0.15, 0.2) is 0 Å². The third-order valence-corrected chi connectivity index (χ3v) is 4.30. The predicted octanol–water partition coefficient (Wildman–Crippen LogP) is 3.24. The highest BCUT2D eigenvalue weighted by molar-refractivity contribution is 7.09. The van der Waals surface area contributed by atoms with Crippen LogP contribution < -0.4 is 5.32 Å². The molecule has 0 amide bonds. The molecule has 1 saturated carbocycles. The summed E-state index contributed by atoms with van der Waals surface area (Å²) < 4.78 is 0. The van der Waals surface area contributed by atoms with Crippen molar-refractivity contribution < 1.29 is 0 Å². The second kappa shape index (κ2) is 5.28. The molecule has 3 heteroatoms. The Morgan fingerprint density at radius 1 is 1.56 bits per heavy atom. The van der Waals surface area contributed by atoms with Crippen molar-refractivity contribution in [3.05, 3.63) is 16.6 Å². The molecule has 0 saturated heterocycles. The van der Waals surface area contributed by atoms with Crippen LogP contribution in [-0.2, 0) is 6.42 Å². The third kappa shape index (κ3) is 3.56. The Morgan fingerprint density at radius 3 is 3.12 bits per heavy atom. The molecular formula is C13H22N2S. The van der Waals surface area contributed by atoms with Gasteiger partial charge in [0.1, 0.15) is 0 Å². The monoisotopic (exact) mass is 238 g/mol. The molecule has 1 unspecified atom stereocenters. The average molecular weight is 238 g/mol. The number of nitrogens with one attached hydrogen (secondary N) is 1. The van der Waals surface area contributed by atoms with Gasteiger partial charge in [-0.25, -0.2) is 4.98 Å². The highest BCUT2D eigenvalue weighted by Crippen LogP contribution is 2.34. The highest BCUT2D eigenvalue weighted by atomic mass is 32.1. The van der Waals surface area contributed by atoms with E-state index in [1.807, 2.05) is 6.20 Å². The summed E-state index contributed by atoms with van der Waals surface area (Å²) >= 11 is 1.76. The molecule has 1 aromatic rings. The van der Waals surface area contributed by atoms with Crippen LogP contribution in [0.5, 0.6) is 0 Å². The van der Waals surface area contributed by atoms with E-state index >= 15 is 0 Å². The first-order valence-corrected chi connectivity index (χ1v) is 7.15. The van der Waals surface area contributed by atoms with Crippen LogP contribution in [0.2, 0.25) is 0 Å². The Balaban J connectivity index is 1.70. The van der Waals surface area contributed by atoms with Crippen LogP contribution >= 0.6 is 11.3 Å². The van der Waals surface area contributed by atoms with Crippen molar-refractivity contribution >= 4 is 11.3 Å². The van der Waals surface area contributed by atoms with Crippen molar-refractivity contribution in [1.82, 2.24) is 10.3 Å². The van der Waals surface area contributed by atoms with Crippen LogP contribution in [0.1, 0.15) is 44.5 Å². The van der Waals surface area contributed by atoms with Crippen molar-refractivity contribution in [1.29, 1.82) is 0 Å². The predicted molar refractivity (Wildman–Crippen MR) is 69.9 cm³/mol. The van der Waals surface area contributed by atoms with E-state index in [9.17, 15) is 0 Å². The SMILES string of the molecule is CC1(C)CCCC(NCCc2nccs2)C1. The zero-order valence-corrected chi connectivity index (χ0v) is 11.1. The minimum atomic E-state index is 0.539. The first-order chi connectivity index (χ1) is 7.66. The molecule has 2 nitrogen and oxygen atoms in total. The number of thiazole rings is 1. The van der Waals surface area contributed by atoms with Gasteiger partial charge >= 0.3 is 0 Å². The normalized spacial score (nSPS) is 24.5. The van der Waals surface area contributed by atoms with Gasteiger partial charge in [-0.2, -0.15) is 0 Å². The summed E-state index contributed by atoms with van der Waals surface area (Å²) in [7, 11) is 0. The first kappa shape index (κ1) is 12.1. The fourth-order valence-corrected chi connectivity index (χ4v) is 3.25. The van der Waals surface area contributed by atoms with E-state index in [2.05, 4.69) is 29.5 Å². The van der Waals surface area contributed by atoms with E-state index in [-0.39, 0.29) is 0 Å². The van der Waals surface area contributed by atoms with Crippen molar-refractivity contribution in [3.63, 3.8) is 0 Å². The Morgan fingerprint density at radius 2 is 2.44 bits per heavy atom. The van der Waals surface area contributed by atoms with Gasteiger partial charge in [-0.05, 0) is 24.7 Å². The van der Waals surface area contributed by atoms with Gasteiger partial charge in [0.25, 0.3) is 0 Å². The summed E-state index contributed by atoms with van der Waals surface area (Å²) in [6.07, 6.45) is 8.41. The van der Waals surface area contributed by atoms with E-state index in [0.29, 0.717) is 5.41 Å². The van der Waals surface area contributed by atoms with Gasteiger partial charge in [0, 0.05) is 30.6 Å². The van der Waals surface area contributed by atoms with Crippen molar-refractivity contribution in [2.45, 2.75) is 52.0 Å². The standard InChI is InChI=1S/C13H22N2S/c1-13(2)6-3-4-11(10-13)14-7-5-12-15-8-9-16-12/h8-9,11,14H,3-7,10H2,1-2H3. The number of nitrogens with zero attached hydrogens (tertiary/aromatic N) is 1. The second-order valence-electron chi connectivity index (χ2n) is 5.59. The fraction of sp³-hybridized carbons (Fsp3) is 0.769. The summed E-state index contributed by atoms with van der Waals surface area (Å²) in [6, 6.07) is 0.726. The lowest BCUT2D eigenvalue weighted by molar-refractivity contribution is 0.199. The molecule has 1 N–H and O–H groups in total. The molecule has 1 aliphatic carbocycles. The maximum Gasteiger partial charge on any atom is 0.0937 e. The Bertz CT molecular complexity index is 306. The Labute approximate surface area is 102 Å². The minimum absolute atomic E-state index is 0.539. The van der Waals surface area contributed by atoms with Gasteiger partial charge in [-0.3, -0.25) is 0 Å². The molecule has 2 rings (SSSR count). The smallest absolute Gasteiger partial charge is 0.0937 e. The van der Waals surface area contributed by atoms with Crippen LogP contribution in [0.4, 0.5) is 0 Å². The molecule has 1 aliphatic rings. The lowest BCUT2D eigenvalue weighted by Crippen LogP contribution is -2.38. The molecule has 90 valence electrons. The number of rotatable bonds is 4. The lowest BCUT2D eigenvalue weighted by Gasteiger charge is -2.35. The molecule has 1 heterocycles. The maximum atomic E-state index is 4.31. The number of hydrogen-bond acceptors (Lipinski definition) is 3. The molecule has 1 atom stereocenters. The zero-order valence-electron chi connectivity index (χ0n) is 10.3. The van der Waals surface area contributed by atoms with Crippen LogP contribution in [0.25, 0.3) is 0 Å². The van der Waals surface area contributed by atoms with Gasteiger partial charge in [-0.15, -0.1) is 11.3 Å². The van der Waals surface area contributed by atoms with E-state index < -0.39 is 0 Å². The largest absolute Gasteiger partial charge is 0.314 e. The minimum Gasteiger partial charge on any atom is -0.314 e. The summed E-state index contributed by atoms with van der Waals surface area (Å²) in [6.45, 7) is 5.86. The number of aromatic nitrogens is 1. The van der Waals surface area contributed by atoms with Crippen LogP contribution in [0.15, 0.2) is 11.6 Å². The quantitative estimate of drug-likeness (QED) is 0.871. The summed E-state index contributed by atoms with van der Waals surface area (Å²) in [5.41, 5.74) is 0.539.